The van der Waals surface area contributed by atoms with Crippen molar-refractivity contribution in [2.75, 3.05) is 6.54 Å². The van der Waals surface area contributed by atoms with E-state index in [2.05, 4.69) is 11.4 Å². The average molecular weight is 323 g/mol. The van der Waals surface area contributed by atoms with Crippen molar-refractivity contribution in [3.63, 3.8) is 0 Å². The molecule has 1 aliphatic carbocycles. The van der Waals surface area contributed by atoms with Gasteiger partial charge in [-0.2, -0.15) is 0 Å². The summed E-state index contributed by atoms with van der Waals surface area (Å²) in [5, 5.41) is 4.04. The summed E-state index contributed by atoms with van der Waals surface area (Å²) in [6, 6.07) is 7.93. The SMILES string of the molecule is NCCCCCCC(=O)NC1(c2cccc(Cl)c2)CCCC1. The van der Waals surface area contributed by atoms with Gasteiger partial charge in [0, 0.05) is 11.4 Å². The summed E-state index contributed by atoms with van der Waals surface area (Å²) < 4.78 is 0. The van der Waals surface area contributed by atoms with Gasteiger partial charge in [-0.25, -0.2) is 0 Å². The fourth-order valence-corrected chi connectivity index (χ4v) is 3.55. The first-order valence-corrected chi connectivity index (χ1v) is 8.81. The lowest BCUT2D eigenvalue weighted by molar-refractivity contribution is -0.123. The minimum atomic E-state index is -0.209. The summed E-state index contributed by atoms with van der Waals surface area (Å²) in [6.45, 7) is 0.740. The molecule has 4 heteroatoms. The molecule has 1 amide bonds. The number of nitrogens with one attached hydrogen (secondary N) is 1. The van der Waals surface area contributed by atoms with Gasteiger partial charge in [0.2, 0.25) is 5.91 Å². The van der Waals surface area contributed by atoms with Crippen LogP contribution in [0.15, 0.2) is 24.3 Å². The summed E-state index contributed by atoms with van der Waals surface area (Å²) in [5.41, 5.74) is 6.42. The van der Waals surface area contributed by atoms with Crippen molar-refractivity contribution >= 4 is 17.5 Å². The van der Waals surface area contributed by atoms with Crippen LogP contribution in [-0.4, -0.2) is 12.5 Å². The number of halogens is 1. The lowest BCUT2D eigenvalue weighted by atomic mass is 9.88. The number of hydrogen-bond acceptors (Lipinski definition) is 2. The standard InChI is InChI=1S/C18H27ClN2O/c19-16-9-7-8-15(14-16)18(11-4-5-12-18)21-17(22)10-3-1-2-6-13-20/h7-9,14H,1-6,10-13,20H2,(H,21,22). The molecule has 1 aromatic rings. The molecule has 1 aromatic carbocycles. The molecule has 0 aliphatic heterocycles. The Kier molecular flexibility index (Phi) is 6.71. The molecule has 0 aromatic heterocycles. The molecular formula is C18H27ClN2O. The van der Waals surface area contributed by atoms with Crippen molar-refractivity contribution in [2.45, 2.75) is 63.3 Å². The Balaban J connectivity index is 1.93. The van der Waals surface area contributed by atoms with E-state index in [0.29, 0.717) is 6.42 Å². The Morgan fingerprint density at radius 3 is 2.59 bits per heavy atom. The molecule has 1 saturated carbocycles. The molecule has 0 atom stereocenters. The van der Waals surface area contributed by atoms with Gasteiger partial charge >= 0.3 is 0 Å². The molecule has 2 rings (SSSR count). The van der Waals surface area contributed by atoms with Crippen LogP contribution in [0.2, 0.25) is 5.02 Å². The average Bonchev–Trinajstić information content (AvgIpc) is 2.97. The maximum absolute atomic E-state index is 12.3. The zero-order chi connectivity index (χ0) is 15.8. The monoisotopic (exact) mass is 322 g/mol. The maximum atomic E-state index is 12.3. The van der Waals surface area contributed by atoms with Crippen molar-refractivity contribution in [2.24, 2.45) is 5.73 Å². The third kappa shape index (κ3) is 4.72. The summed E-state index contributed by atoms with van der Waals surface area (Å²) >= 11 is 6.13. The van der Waals surface area contributed by atoms with Gasteiger partial charge in [0.15, 0.2) is 0 Å². The molecule has 3 nitrogen and oxygen atoms in total. The van der Waals surface area contributed by atoms with E-state index in [1.54, 1.807) is 0 Å². The highest BCUT2D eigenvalue weighted by Gasteiger charge is 2.36. The Morgan fingerprint density at radius 2 is 1.91 bits per heavy atom. The van der Waals surface area contributed by atoms with Crippen molar-refractivity contribution < 1.29 is 4.79 Å². The lowest BCUT2D eigenvalue weighted by Gasteiger charge is -2.31. The highest BCUT2D eigenvalue weighted by molar-refractivity contribution is 6.30. The van der Waals surface area contributed by atoms with E-state index in [1.165, 1.54) is 0 Å². The van der Waals surface area contributed by atoms with Crippen LogP contribution in [0.3, 0.4) is 0 Å². The molecule has 3 N–H and O–H groups in total. The van der Waals surface area contributed by atoms with E-state index in [0.717, 1.165) is 68.5 Å². The molecule has 1 fully saturated rings. The van der Waals surface area contributed by atoms with Gasteiger partial charge in [0.25, 0.3) is 0 Å². The fourth-order valence-electron chi connectivity index (χ4n) is 3.36. The number of benzene rings is 1. The van der Waals surface area contributed by atoms with Crippen molar-refractivity contribution in [1.82, 2.24) is 5.32 Å². The highest BCUT2D eigenvalue weighted by atomic mass is 35.5. The predicted molar refractivity (Wildman–Crippen MR) is 91.9 cm³/mol. The molecule has 22 heavy (non-hydrogen) atoms. The quantitative estimate of drug-likeness (QED) is 0.707. The van der Waals surface area contributed by atoms with Crippen LogP contribution in [0.5, 0.6) is 0 Å². The molecule has 0 unspecified atom stereocenters. The first-order valence-electron chi connectivity index (χ1n) is 8.43. The summed E-state index contributed by atoms with van der Waals surface area (Å²) in [4.78, 5) is 12.3. The van der Waals surface area contributed by atoms with Crippen molar-refractivity contribution in [3.8, 4) is 0 Å². The van der Waals surface area contributed by atoms with E-state index in [9.17, 15) is 4.79 Å². The normalized spacial score (nSPS) is 16.6. The molecule has 0 heterocycles. The number of carbonyl (C=O) groups is 1. The topological polar surface area (TPSA) is 55.1 Å². The van der Waals surface area contributed by atoms with Gasteiger partial charge in [-0.05, 0) is 49.9 Å². The first kappa shape index (κ1) is 17.3. The summed E-state index contributed by atoms with van der Waals surface area (Å²) in [7, 11) is 0. The van der Waals surface area contributed by atoms with Crippen LogP contribution < -0.4 is 11.1 Å². The fraction of sp³-hybridized carbons (Fsp3) is 0.611. The van der Waals surface area contributed by atoms with Gasteiger partial charge in [0.1, 0.15) is 0 Å². The Bertz CT molecular complexity index is 484. The summed E-state index contributed by atoms with van der Waals surface area (Å²) in [5.74, 6) is 0.162. The second-order valence-electron chi connectivity index (χ2n) is 6.30. The molecular weight excluding hydrogens is 296 g/mol. The van der Waals surface area contributed by atoms with Crippen LogP contribution in [0.1, 0.15) is 63.4 Å². The Morgan fingerprint density at radius 1 is 1.18 bits per heavy atom. The van der Waals surface area contributed by atoms with Crippen LogP contribution in [0.4, 0.5) is 0 Å². The van der Waals surface area contributed by atoms with Gasteiger partial charge in [-0.15, -0.1) is 0 Å². The molecule has 0 spiro atoms. The van der Waals surface area contributed by atoms with E-state index >= 15 is 0 Å². The third-order valence-corrected chi connectivity index (χ3v) is 4.81. The third-order valence-electron chi connectivity index (χ3n) is 4.57. The second-order valence-corrected chi connectivity index (χ2v) is 6.74. The summed E-state index contributed by atoms with van der Waals surface area (Å²) in [6.07, 6.45) is 9.11. The number of rotatable bonds is 8. The van der Waals surface area contributed by atoms with Crippen LogP contribution in [0.25, 0.3) is 0 Å². The minimum absolute atomic E-state index is 0.162. The highest BCUT2D eigenvalue weighted by Crippen LogP contribution is 2.39. The lowest BCUT2D eigenvalue weighted by Crippen LogP contribution is -2.43. The molecule has 122 valence electrons. The van der Waals surface area contributed by atoms with E-state index in [-0.39, 0.29) is 11.4 Å². The number of carbonyl (C=O) groups excluding carboxylic acids is 1. The van der Waals surface area contributed by atoms with E-state index in [1.807, 2.05) is 18.2 Å². The van der Waals surface area contributed by atoms with Crippen molar-refractivity contribution in [1.29, 1.82) is 0 Å². The Hall–Kier alpha value is -1.06. The zero-order valence-corrected chi connectivity index (χ0v) is 14.0. The minimum Gasteiger partial charge on any atom is -0.347 e. The van der Waals surface area contributed by atoms with Crippen LogP contribution in [0, 0.1) is 0 Å². The van der Waals surface area contributed by atoms with Crippen LogP contribution >= 0.6 is 11.6 Å². The molecule has 0 bridgehead atoms. The molecule has 0 radical (unpaired) electrons. The second kappa shape index (κ2) is 8.54. The number of amides is 1. The predicted octanol–water partition coefficient (Wildman–Crippen LogP) is 4.13. The zero-order valence-electron chi connectivity index (χ0n) is 13.2. The van der Waals surface area contributed by atoms with Gasteiger partial charge in [0.05, 0.1) is 5.54 Å². The molecule has 1 aliphatic rings. The van der Waals surface area contributed by atoms with E-state index < -0.39 is 0 Å². The van der Waals surface area contributed by atoms with Crippen molar-refractivity contribution in [3.05, 3.63) is 34.9 Å². The number of unbranched alkanes of at least 4 members (excludes halogenated alkanes) is 3. The number of nitrogens with two attached hydrogens (primary N) is 1. The van der Waals surface area contributed by atoms with Gasteiger partial charge in [-0.3, -0.25) is 4.79 Å². The number of hydrogen-bond donors (Lipinski definition) is 2. The van der Waals surface area contributed by atoms with Crippen LogP contribution in [-0.2, 0) is 10.3 Å². The largest absolute Gasteiger partial charge is 0.347 e. The van der Waals surface area contributed by atoms with Gasteiger partial charge in [-0.1, -0.05) is 49.4 Å². The first-order chi connectivity index (χ1) is 10.7. The molecule has 0 saturated heterocycles. The van der Waals surface area contributed by atoms with Gasteiger partial charge < -0.3 is 11.1 Å². The Labute approximate surface area is 138 Å². The van der Waals surface area contributed by atoms with E-state index in [4.69, 9.17) is 17.3 Å². The maximum Gasteiger partial charge on any atom is 0.220 e. The smallest absolute Gasteiger partial charge is 0.220 e.